The van der Waals surface area contributed by atoms with E-state index in [1.165, 1.54) is 5.69 Å². The lowest BCUT2D eigenvalue weighted by atomic mass is 10.2. The minimum absolute atomic E-state index is 0.499. The number of benzene rings is 1. The van der Waals surface area contributed by atoms with E-state index in [-0.39, 0.29) is 0 Å². The molecule has 5 heteroatoms. The van der Waals surface area contributed by atoms with Crippen LogP contribution >= 0.6 is 12.2 Å². The van der Waals surface area contributed by atoms with Crippen LogP contribution in [0.15, 0.2) is 30.3 Å². The third-order valence-corrected chi connectivity index (χ3v) is 4.19. The molecule has 110 valence electrons. The zero-order valence-electron chi connectivity index (χ0n) is 12.3. The number of nitrogens with one attached hydrogen (secondary N) is 2. The largest absolute Gasteiger partial charge is 0.369 e. The van der Waals surface area contributed by atoms with Gasteiger partial charge in [0, 0.05) is 51.5 Å². The van der Waals surface area contributed by atoms with Crippen molar-refractivity contribution < 1.29 is 0 Å². The Labute approximate surface area is 127 Å². The maximum absolute atomic E-state index is 5.11. The molecule has 2 rings (SSSR count). The Kier molecular flexibility index (Phi) is 5.61. The number of thiocarbonyl (C=S) groups is 1. The molecule has 0 aromatic heterocycles. The van der Waals surface area contributed by atoms with Crippen molar-refractivity contribution in [1.82, 2.24) is 15.5 Å². The zero-order valence-corrected chi connectivity index (χ0v) is 13.1. The first-order chi connectivity index (χ1) is 9.70. The molecule has 0 aliphatic carbocycles. The zero-order chi connectivity index (χ0) is 14.4. The van der Waals surface area contributed by atoms with Gasteiger partial charge in [0.2, 0.25) is 0 Å². The van der Waals surface area contributed by atoms with Crippen molar-refractivity contribution in [3.05, 3.63) is 30.3 Å². The lowest BCUT2D eigenvalue weighted by Gasteiger charge is -2.39. The Bertz CT molecular complexity index is 415. The second-order valence-corrected chi connectivity index (χ2v) is 5.58. The molecule has 1 heterocycles. The summed E-state index contributed by atoms with van der Waals surface area (Å²) < 4.78 is 0. The topological polar surface area (TPSA) is 30.5 Å². The Balaban J connectivity index is 1.77. The molecule has 1 aliphatic rings. The summed E-state index contributed by atoms with van der Waals surface area (Å²) in [5.41, 5.74) is 1.33. The van der Waals surface area contributed by atoms with Crippen molar-refractivity contribution in [3.63, 3.8) is 0 Å². The quantitative estimate of drug-likeness (QED) is 0.817. The maximum Gasteiger partial charge on any atom is 0.166 e. The Hall–Kier alpha value is -1.33. The molecule has 0 radical (unpaired) electrons. The molecule has 1 aromatic carbocycles. The average Bonchev–Trinajstić information content (AvgIpc) is 2.53. The molecule has 2 N–H and O–H groups in total. The van der Waals surface area contributed by atoms with Gasteiger partial charge in [-0.25, -0.2) is 0 Å². The molecule has 1 fully saturated rings. The molecule has 4 nitrogen and oxygen atoms in total. The standard InChI is InChI=1S/C15H24N4S/c1-13(12-17-15(20)16-2)18-8-10-19(11-9-18)14-6-4-3-5-7-14/h3-7,13H,8-12H2,1-2H3,(H2,16,17,20). The fourth-order valence-corrected chi connectivity index (χ4v) is 2.60. The van der Waals surface area contributed by atoms with Crippen molar-refractivity contribution in [2.24, 2.45) is 0 Å². The number of hydrogen-bond donors (Lipinski definition) is 2. The van der Waals surface area contributed by atoms with Crippen molar-refractivity contribution in [2.75, 3.05) is 44.7 Å². The normalized spacial score (nSPS) is 17.6. The summed E-state index contributed by atoms with van der Waals surface area (Å²) in [6, 6.07) is 11.1. The molecule has 1 saturated heterocycles. The summed E-state index contributed by atoms with van der Waals surface area (Å²) in [4.78, 5) is 4.97. The lowest BCUT2D eigenvalue weighted by molar-refractivity contribution is 0.197. The summed E-state index contributed by atoms with van der Waals surface area (Å²) in [6.45, 7) is 7.53. The Morgan fingerprint density at radius 2 is 1.85 bits per heavy atom. The Morgan fingerprint density at radius 3 is 2.45 bits per heavy atom. The minimum Gasteiger partial charge on any atom is -0.369 e. The van der Waals surface area contributed by atoms with Gasteiger partial charge in [-0.15, -0.1) is 0 Å². The molecule has 1 unspecified atom stereocenters. The van der Waals surface area contributed by atoms with Crippen LogP contribution in [0.1, 0.15) is 6.92 Å². The van der Waals surface area contributed by atoms with E-state index in [1.54, 1.807) is 0 Å². The summed E-state index contributed by atoms with van der Waals surface area (Å²) in [5.74, 6) is 0. The van der Waals surface area contributed by atoms with Crippen LogP contribution in [0.2, 0.25) is 0 Å². The van der Waals surface area contributed by atoms with Crippen LogP contribution in [0.3, 0.4) is 0 Å². The maximum atomic E-state index is 5.11. The number of hydrogen-bond acceptors (Lipinski definition) is 3. The highest BCUT2D eigenvalue weighted by molar-refractivity contribution is 7.80. The average molecular weight is 292 g/mol. The number of para-hydroxylation sites is 1. The summed E-state index contributed by atoms with van der Waals surface area (Å²) in [5, 5.41) is 6.90. The van der Waals surface area contributed by atoms with E-state index >= 15 is 0 Å². The SMILES string of the molecule is CNC(=S)NCC(C)N1CCN(c2ccccc2)CC1. The van der Waals surface area contributed by atoms with Gasteiger partial charge < -0.3 is 15.5 Å². The van der Waals surface area contributed by atoms with Crippen LogP contribution in [0.25, 0.3) is 0 Å². The monoisotopic (exact) mass is 292 g/mol. The first-order valence-electron chi connectivity index (χ1n) is 7.20. The molecular weight excluding hydrogens is 268 g/mol. The molecule has 0 saturated carbocycles. The van der Waals surface area contributed by atoms with Crippen LogP contribution in [0.4, 0.5) is 5.69 Å². The molecule has 1 aliphatic heterocycles. The van der Waals surface area contributed by atoms with E-state index < -0.39 is 0 Å². The Morgan fingerprint density at radius 1 is 1.20 bits per heavy atom. The van der Waals surface area contributed by atoms with Crippen molar-refractivity contribution >= 4 is 23.0 Å². The van der Waals surface area contributed by atoms with Gasteiger partial charge in [0.1, 0.15) is 0 Å². The van der Waals surface area contributed by atoms with Gasteiger partial charge in [-0.2, -0.15) is 0 Å². The van der Waals surface area contributed by atoms with Gasteiger partial charge in [0.05, 0.1) is 0 Å². The number of anilines is 1. The molecule has 1 aromatic rings. The van der Waals surface area contributed by atoms with E-state index in [0.29, 0.717) is 6.04 Å². The van der Waals surface area contributed by atoms with Gasteiger partial charge >= 0.3 is 0 Å². The predicted molar refractivity (Wildman–Crippen MR) is 89.4 cm³/mol. The first-order valence-corrected chi connectivity index (χ1v) is 7.61. The summed E-state index contributed by atoms with van der Waals surface area (Å²) in [6.07, 6.45) is 0. The molecule has 20 heavy (non-hydrogen) atoms. The smallest absolute Gasteiger partial charge is 0.166 e. The first kappa shape index (κ1) is 15.1. The summed E-state index contributed by atoms with van der Waals surface area (Å²) in [7, 11) is 1.85. The van der Waals surface area contributed by atoms with Gasteiger partial charge in [-0.05, 0) is 31.3 Å². The van der Waals surface area contributed by atoms with Crippen molar-refractivity contribution in [2.45, 2.75) is 13.0 Å². The molecular formula is C15H24N4S. The minimum atomic E-state index is 0.499. The van der Waals surface area contributed by atoms with Gasteiger partial charge in [-0.1, -0.05) is 18.2 Å². The second-order valence-electron chi connectivity index (χ2n) is 5.17. The fourth-order valence-electron chi connectivity index (χ4n) is 2.52. The predicted octanol–water partition coefficient (Wildman–Crippen LogP) is 1.29. The number of piperazine rings is 1. The molecule has 1 atom stereocenters. The van der Waals surface area contributed by atoms with E-state index in [0.717, 1.165) is 37.8 Å². The van der Waals surface area contributed by atoms with Crippen LogP contribution in [0, 0.1) is 0 Å². The summed E-state index contributed by atoms with van der Waals surface area (Å²) >= 11 is 5.11. The van der Waals surface area contributed by atoms with E-state index in [1.807, 2.05) is 7.05 Å². The molecule has 0 amide bonds. The van der Waals surface area contributed by atoms with Crippen molar-refractivity contribution in [3.8, 4) is 0 Å². The molecule has 0 spiro atoms. The van der Waals surface area contributed by atoms with Crippen LogP contribution in [-0.2, 0) is 0 Å². The van der Waals surface area contributed by atoms with Gasteiger partial charge in [0.25, 0.3) is 0 Å². The third-order valence-electron chi connectivity index (χ3n) is 3.84. The van der Waals surface area contributed by atoms with Crippen LogP contribution < -0.4 is 15.5 Å². The van der Waals surface area contributed by atoms with Gasteiger partial charge in [0.15, 0.2) is 5.11 Å². The third kappa shape index (κ3) is 4.08. The molecule has 0 bridgehead atoms. The highest BCUT2D eigenvalue weighted by Crippen LogP contribution is 2.16. The number of nitrogens with zero attached hydrogens (tertiary/aromatic N) is 2. The van der Waals surface area contributed by atoms with E-state index in [4.69, 9.17) is 12.2 Å². The highest BCUT2D eigenvalue weighted by Gasteiger charge is 2.21. The van der Waals surface area contributed by atoms with E-state index in [9.17, 15) is 0 Å². The van der Waals surface area contributed by atoms with E-state index in [2.05, 4.69) is 57.7 Å². The fraction of sp³-hybridized carbons (Fsp3) is 0.533. The highest BCUT2D eigenvalue weighted by atomic mass is 32.1. The number of rotatable bonds is 4. The van der Waals surface area contributed by atoms with Gasteiger partial charge in [-0.3, -0.25) is 4.90 Å². The lowest BCUT2D eigenvalue weighted by Crippen LogP contribution is -2.52. The van der Waals surface area contributed by atoms with Crippen molar-refractivity contribution in [1.29, 1.82) is 0 Å². The second kappa shape index (κ2) is 7.45. The van der Waals surface area contributed by atoms with Crippen LogP contribution in [-0.4, -0.2) is 55.8 Å². The van der Waals surface area contributed by atoms with Crippen LogP contribution in [0.5, 0.6) is 0 Å².